The van der Waals surface area contributed by atoms with Crippen LogP contribution in [0.5, 0.6) is 0 Å². The summed E-state index contributed by atoms with van der Waals surface area (Å²) in [6.45, 7) is 0.853. The highest BCUT2D eigenvalue weighted by molar-refractivity contribution is 14.1. The van der Waals surface area contributed by atoms with E-state index in [0.29, 0.717) is 0 Å². The lowest BCUT2D eigenvalue weighted by Crippen LogP contribution is -2.04. The molecule has 0 aliphatic heterocycles. The zero-order chi connectivity index (χ0) is 12.3. The molecule has 1 heterocycles. The van der Waals surface area contributed by atoms with Gasteiger partial charge in [0.05, 0.1) is 16.9 Å². The van der Waals surface area contributed by atoms with Gasteiger partial charge in [-0.05, 0) is 52.8 Å². The Bertz CT molecular complexity index is 510. The van der Waals surface area contributed by atoms with Gasteiger partial charge in [-0.15, -0.1) is 0 Å². The normalized spacial score (nSPS) is 10.5. The quantitative estimate of drug-likeness (QED) is 0.847. The van der Waals surface area contributed by atoms with Crippen LogP contribution in [0.15, 0.2) is 30.6 Å². The number of aryl methyl sites for hydroxylation is 1. The van der Waals surface area contributed by atoms with Gasteiger partial charge in [0.25, 0.3) is 0 Å². The van der Waals surface area contributed by atoms with E-state index < -0.39 is 0 Å². The molecule has 1 aromatic heterocycles. The van der Waals surface area contributed by atoms with Crippen molar-refractivity contribution in [2.45, 2.75) is 6.42 Å². The van der Waals surface area contributed by atoms with E-state index in [1.807, 2.05) is 42.3 Å². The molecule has 0 radical (unpaired) electrons. The van der Waals surface area contributed by atoms with E-state index >= 15 is 0 Å². The molecule has 1 N–H and O–H groups in total. The summed E-state index contributed by atoms with van der Waals surface area (Å²) in [5, 5.41) is 8.23. The fourth-order valence-electron chi connectivity index (χ4n) is 1.58. The number of rotatable bonds is 4. The van der Waals surface area contributed by atoms with Crippen molar-refractivity contribution in [3.8, 4) is 0 Å². The highest BCUT2D eigenvalue weighted by Gasteiger charge is 2.01. The first-order valence-electron chi connectivity index (χ1n) is 5.31. The maximum absolute atomic E-state index is 6.13. The van der Waals surface area contributed by atoms with Gasteiger partial charge in [0.15, 0.2) is 0 Å². The van der Waals surface area contributed by atoms with Gasteiger partial charge in [0.1, 0.15) is 0 Å². The van der Waals surface area contributed by atoms with Crippen LogP contribution in [0.1, 0.15) is 5.56 Å². The summed E-state index contributed by atoms with van der Waals surface area (Å²) in [5.74, 6) is 0. The molecule has 0 saturated heterocycles. The molecule has 2 aromatic rings. The highest BCUT2D eigenvalue weighted by Crippen LogP contribution is 2.23. The van der Waals surface area contributed by atoms with Crippen molar-refractivity contribution in [3.63, 3.8) is 0 Å². The lowest BCUT2D eigenvalue weighted by Gasteiger charge is -2.07. The molecule has 0 fully saturated rings. The molecule has 90 valence electrons. The average molecular weight is 362 g/mol. The molecular weight excluding hydrogens is 349 g/mol. The van der Waals surface area contributed by atoms with Crippen molar-refractivity contribution in [2.24, 2.45) is 7.05 Å². The third kappa shape index (κ3) is 3.61. The van der Waals surface area contributed by atoms with Crippen molar-refractivity contribution < 1.29 is 0 Å². The Labute approximate surface area is 119 Å². The topological polar surface area (TPSA) is 29.9 Å². The van der Waals surface area contributed by atoms with Crippen LogP contribution < -0.4 is 5.32 Å². The Morgan fingerprint density at radius 3 is 2.94 bits per heavy atom. The average Bonchev–Trinajstić information content (AvgIpc) is 2.68. The Kier molecular flexibility index (Phi) is 4.28. The molecule has 5 heteroatoms. The number of halogens is 2. The number of anilines is 1. The Balaban J connectivity index is 1.90. The summed E-state index contributed by atoms with van der Waals surface area (Å²) in [6.07, 6.45) is 4.85. The zero-order valence-electron chi connectivity index (χ0n) is 9.45. The van der Waals surface area contributed by atoms with Crippen LogP contribution in [-0.2, 0) is 13.5 Å². The third-order valence-electron chi connectivity index (χ3n) is 2.42. The number of benzene rings is 1. The van der Waals surface area contributed by atoms with E-state index in [4.69, 9.17) is 11.6 Å². The molecule has 0 spiro atoms. The zero-order valence-corrected chi connectivity index (χ0v) is 12.4. The molecule has 2 rings (SSSR count). The van der Waals surface area contributed by atoms with Crippen LogP contribution in [0.4, 0.5) is 5.69 Å². The van der Waals surface area contributed by atoms with Crippen LogP contribution in [0.2, 0.25) is 5.02 Å². The number of hydrogen-bond donors (Lipinski definition) is 1. The second kappa shape index (κ2) is 5.73. The van der Waals surface area contributed by atoms with Crippen molar-refractivity contribution in [1.29, 1.82) is 0 Å². The van der Waals surface area contributed by atoms with Gasteiger partial charge in [-0.3, -0.25) is 4.68 Å². The maximum atomic E-state index is 6.13. The van der Waals surface area contributed by atoms with Gasteiger partial charge in [0.2, 0.25) is 0 Å². The smallest absolute Gasteiger partial charge is 0.0648 e. The minimum absolute atomic E-state index is 0.767. The number of nitrogens with one attached hydrogen (secondary N) is 1. The van der Waals surface area contributed by atoms with Gasteiger partial charge in [-0.25, -0.2) is 0 Å². The minimum atomic E-state index is 0.767. The van der Waals surface area contributed by atoms with Gasteiger partial charge < -0.3 is 5.32 Å². The van der Waals surface area contributed by atoms with Crippen molar-refractivity contribution in [2.75, 3.05) is 11.9 Å². The van der Waals surface area contributed by atoms with Gasteiger partial charge in [0, 0.05) is 23.4 Å². The third-order valence-corrected chi connectivity index (χ3v) is 3.40. The standard InChI is InChI=1S/C12H13ClIN3/c1-17-8-9(7-16-17)4-5-15-12-3-2-10(14)6-11(12)13/h2-3,6-8,15H,4-5H2,1H3. The lowest BCUT2D eigenvalue weighted by molar-refractivity contribution is 0.767. The molecular formula is C12H13ClIN3. The summed E-state index contributed by atoms with van der Waals surface area (Å²) in [5.41, 5.74) is 2.21. The Morgan fingerprint density at radius 1 is 1.47 bits per heavy atom. The monoisotopic (exact) mass is 361 g/mol. The van der Waals surface area contributed by atoms with E-state index in [0.717, 1.165) is 27.2 Å². The van der Waals surface area contributed by atoms with Crippen molar-refractivity contribution in [3.05, 3.63) is 44.7 Å². The molecule has 0 amide bonds. The maximum Gasteiger partial charge on any atom is 0.0648 e. The first-order valence-corrected chi connectivity index (χ1v) is 6.77. The van der Waals surface area contributed by atoms with Crippen LogP contribution in [-0.4, -0.2) is 16.3 Å². The minimum Gasteiger partial charge on any atom is -0.384 e. The summed E-state index contributed by atoms with van der Waals surface area (Å²) in [4.78, 5) is 0. The lowest BCUT2D eigenvalue weighted by atomic mass is 10.2. The van der Waals surface area contributed by atoms with E-state index in [-0.39, 0.29) is 0 Å². The molecule has 0 unspecified atom stereocenters. The summed E-state index contributed by atoms with van der Waals surface area (Å²) < 4.78 is 2.96. The molecule has 17 heavy (non-hydrogen) atoms. The molecule has 0 aliphatic carbocycles. The van der Waals surface area contributed by atoms with Crippen molar-refractivity contribution >= 4 is 39.9 Å². The molecule has 0 atom stereocenters. The SMILES string of the molecule is Cn1cc(CCNc2ccc(I)cc2Cl)cn1. The largest absolute Gasteiger partial charge is 0.384 e. The molecule has 0 bridgehead atoms. The first-order chi connectivity index (χ1) is 8.15. The first kappa shape index (κ1) is 12.7. The van der Waals surface area contributed by atoms with Crippen molar-refractivity contribution in [1.82, 2.24) is 9.78 Å². The van der Waals surface area contributed by atoms with Crippen LogP contribution in [0.25, 0.3) is 0 Å². The molecule has 0 aliphatic rings. The van der Waals surface area contributed by atoms with E-state index in [1.165, 1.54) is 5.56 Å². The van der Waals surface area contributed by atoms with Crippen LogP contribution >= 0.6 is 34.2 Å². The second-order valence-corrected chi connectivity index (χ2v) is 5.48. The molecule has 0 saturated carbocycles. The summed E-state index contributed by atoms with van der Waals surface area (Å²) >= 11 is 8.38. The van der Waals surface area contributed by atoms with E-state index in [1.54, 1.807) is 0 Å². The highest BCUT2D eigenvalue weighted by atomic mass is 127. The predicted molar refractivity (Wildman–Crippen MR) is 79.6 cm³/mol. The van der Waals surface area contributed by atoms with E-state index in [2.05, 4.69) is 33.0 Å². The predicted octanol–water partition coefficient (Wildman–Crippen LogP) is 3.33. The van der Waals surface area contributed by atoms with Gasteiger partial charge in [-0.2, -0.15) is 5.10 Å². The Hall–Kier alpha value is -0.750. The summed E-state index contributed by atoms with van der Waals surface area (Å²) in [6, 6.07) is 6.00. The van der Waals surface area contributed by atoms with E-state index in [9.17, 15) is 0 Å². The van der Waals surface area contributed by atoms with Crippen LogP contribution in [0.3, 0.4) is 0 Å². The van der Waals surface area contributed by atoms with Crippen LogP contribution in [0, 0.1) is 3.57 Å². The number of hydrogen-bond acceptors (Lipinski definition) is 2. The second-order valence-electron chi connectivity index (χ2n) is 3.82. The summed E-state index contributed by atoms with van der Waals surface area (Å²) in [7, 11) is 1.92. The van der Waals surface area contributed by atoms with Gasteiger partial charge in [-0.1, -0.05) is 11.6 Å². The fraction of sp³-hybridized carbons (Fsp3) is 0.250. The molecule has 1 aromatic carbocycles. The molecule has 3 nitrogen and oxygen atoms in total. The van der Waals surface area contributed by atoms with Gasteiger partial charge >= 0.3 is 0 Å². The Morgan fingerprint density at radius 2 is 2.29 bits per heavy atom. The number of nitrogens with zero attached hydrogens (tertiary/aromatic N) is 2. The number of aromatic nitrogens is 2. The fourth-order valence-corrected chi connectivity index (χ4v) is 2.50.